The van der Waals surface area contributed by atoms with Gasteiger partial charge in [-0.15, -0.1) is 0 Å². The molecular weight excluding hydrogens is 297 g/mol. The Balaban J connectivity index is 2.05. The summed E-state index contributed by atoms with van der Waals surface area (Å²) in [5.74, 6) is -0.479. The number of hydrogen-bond acceptors (Lipinski definition) is 3. The van der Waals surface area contributed by atoms with Crippen LogP contribution in [0.25, 0.3) is 16.9 Å². The lowest BCUT2D eigenvalue weighted by Gasteiger charge is -2.19. The van der Waals surface area contributed by atoms with E-state index in [-0.39, 0.29) is 18.1 Å². The number of ether oxygens (including phenoxy) is 1. The Bertz CT molecular complexity index is 919. The molecule has 2 heterocycles. The van der Waals surface area contributed by atoms with Gasteiger partial charge in [-0.3, -0.25) is 4.79 Å². The number of rotatable bonds is 2. The van der Waals surface area contributed by atoms with E-state index in [0.717, 1.165) is 5.69 Å². The lowest BCUT2D eigenvalue weighted by molar-refractivity contribution is 0.0992. The van der Waals surface area contributed by atoms with Crippen molar-refractivity contribution in [2.75, 3.05) is 0 Å². The zero-order valence-corrected chi connectivity index (χ0v) is 12.0. The van der Waals surface area contributed by atoms with Crippen LogP contribution in [0.15, 0.2) is 48.5 Å². The maximum atomic E-state index is 13.7. The second kappa shape index (κ2) is 4.95. The molecule has 23 heavy (non-hydrogen) atoms. The molecule has 0 saturated heterocycles. The largest absolute Gasteiger partial charge is 0.488 e. The van der Waals surface area contributed by atoms with Crippen LogP contribution in [0.3, 0.4) is 0 Å². The first-order chi connectivity index (χ1) is 11.1. The van der Waals surface area contributed by atoms with Crippen LogP contribution in [0.4, 0.5) is 4.39 Å². The molecule has 2 N–H and O–H groups in total. The highest BCUT2D eigenvalue weighted by Gasteiger charge is 2.29. The van der Waals surface area contributed by atoms with Gasteiger partial charge in [0.1, 0.15) is 18.2 Å². The number of carbonyl (C=O) groups is 1. The minimum Gasteiger partial charge on any atom is -0.488 e. The van der Waals surface area contributed by atoms with Gasteiger partial charge >= 0.3 is 0 Å². The topological polar surface area (TPSA) is 70.1 Å². The van der Waals surface area contributed by atoms with Crippen molar-refractivity contribution >= 4 is 5.91 Å². The van der Waals surface area contributed by atoms with E-state index in [1.54, 1.807) is 10.7 Å². The van der Waals surface area contributed by atoms with Crippen LogP contribution >= 0.6 is 0 Å². The summed E-state index contributed by atoms with van der Waals surface area (Å²) in [6, 6.07) is 13.6. The molecule has 2 aromatic carbocycles. The number of halogens is 1. The zero-order chi connectivity index (χ0) is 16.0. The van der Waals surface area contributed by atoms with Crippen molar-refractivity contribution in [2.24, 2.45) is 5.73 Å². The Morgan fingerprint density at radius 1 is 1.22 bits per heavy atom. The van der Waals surface area contributed by atoms with E-state index in [0.29, 0.717) is 22.6 Å². The van der Waals surface area contributed by atoms with E-state index >= 15 is 0 Å². The van der Waals surface area contributed by atoms with Crippen molar-refractivity contribution in [2.45, 2.75) is 6.61 Å². The van der Waals surface area contributed by atoms with E-state index < -0.39 is 5.91 Å². The number of benzene rings is 2. The maximum Gasteiger partial charge on any atom is 0.269 e. The average molecular weight is 309 g/mol. The fraction of sp³-hybridized carbons (Fsp3) is 0.0588. The van der Waals surface area contributed by atoms with Gasteiger partial charge in [0.2, 0.25) is 0 Å². The van der Waals surface area contributed by atoms with E-state index in [2.05, 4.69) is 5.10 Å². The molecule has 1 aliphatic heterocycles. The third-order valence-electron chi connectivity index (χ3n) is 3.79. The van der Waals surface area contributed by atoms with E-state index in [4.69, 9.17) is 10.5 Å². The smallest absolute Gasteiger partial charge is 0.269 e. The van der Waals surface area contributed by atoms with Crippen LogP contribution in [-0.2, 0) is 6.61 Å². The number of fused-ring (bicyclic) bond motifs is 3. The molecule has 3 aromatic rings. The van der Waals surface area contributed by atoms with Gasteiger partial charge in [0.25, 0.3) is 5.91 Å². The van der Waals surface area contributed by atoms with E-state index in [1.807, 2.05) is 30.3 Å². The number of primary amides is 1. The number of hydrogen-bond donors (Lipinski definition) is 1. The van der Waals surface area contributed by atoms with Gasteiger partial charge in [-0.25, -0.2) is 9.07 Å². The summed E-state index contributed by atoms with van der Waals surface area (Å²) >= 11 is 0. The molecule has 0 aliphatic carbocycles. The van der Waals surface area contributed by atoms with E-state index in [1.165, 1.54) is 12.1 Å². The predicted octanol–water partition coefficient (Wildman–Crippen LogP) is 2.67. The molecular formula is C17H12FN3O2. The van der Waals surface area contributed by atoms with Crippen LogP contribution in [0.2, 0.25) is 0 Å². The highest BCUT2D eigenvalue weighted by molar-refractivity contribution is 5.95. The fourth-order valence-corrected chi connectivity index (χ4v) is 2.78. The highest BCUT2D eigenvalue weighted by atomic mass is 19.1. The van der Waals surface area contributed by atoms with Gasteiger partial charge in [0, 0.05) is 11.1 Å². The Kier molecular flexibility index (Phi) is 2.90. The second-order valence-electron chi connectivity index (χ2n) is 5.22. The van der Waals surface area contributed by atoms with Gasteiger partial charge in [0.15, 0.2) is 5.69 Å². The average Bonchev–Trinajstić information content (AvgIpc) is 2.96. The van der Waals surface area contributed by atoms with Gasteiger partial charge in [0.05, 0.1) is 11.4 Å². The third-order valence-corrected chi connectivity index (χ3v) is 3.79. The normalized spacial score (nSPS) is 12.2. The number of amides is 1. The van der Waals surface area contributed by atoms with Crippen molar-refractivity contribution in [1.29, 1.82) is 0 Å². The molecule has 0 atom stereocenters. The number of nitrogens with two attached hydrogens (primary N) is 1. The summed E-state index contributed by atoms with van der Waals surface area (Å²) in [4.78, 5) is 11.7. The van der Waals surface area contributed by atoms with Crippen LogP contribution in [0.1, 0.15) is 16.1 Å². The van der Waals surface area contributed by atoms with E-state index in [9.17, 15) is 9.18 Å². The summed E-state index contributed by atoms with van der Waals surface area (Å²) in [5.41, 5.74) is 8.08. The van der Waals surface area contributed by atoms with Gasteiger partial charge < -0.3 is 10.5 Å². The lowest BCUT2D eigenvalue weighted by atomic mass is 10.0. The minimum atomic E-state index is -0.639. The molecule has 1 aliphatic rings. The molecule has 114 valence electrons. The first-order valence-electron chi connectivity index (χ1n) is 7.05. The fourth-order valence-electron chi connectivity index (χ4n) is 2.78. The molecule has 0 fully saturated rings. The van der Waals surface area contributed by atoms with Crippen LogP contribution in [0.5, 0.6) is 5.75 Å². The minimum absolute atomic E-state index is 0.138. The summed E-state index contributed by atoms with van der Waals surface area (Å²) in [6.07, 6.45) is 0. The zero-order valence-electron chi connectivity index (χ0n) is 12.0. The van der Waals surface area contributed by atoms with Crippen molar-refractivity contribution in [1.82, 2.24) is 9.78 Å². The van der Waals surface area contributed by atoms with Crippen molar-refractivity contribution in [3.8, 4) is 22.7 Å². The molecule has 0 saturated carbocycles. The lowest BCUT2D eigenvalue weighted by Crippen LogP contribution is -2.16. The first-order valence-corrected chi connectivity index (χ1v) is 7.05. The monoisotopic (exact) mass is 309 g/mol. The summed E-state index contributed by atoms with van der Waals surface area (Å²) in [5, 5.41) is 4.33. The molecule has 6 heteroatoms. The van der Waals surface area contributed by atoms with Crippen LogP contribution < -0.4 is 10.5 Å². The Labute approximate surface area is 131 Å². The molecule has 0 radical (unpaired) electrons. The molecule has 0 spiro atoms. The Hall–Kier alpha value is -3.15. The number of para-hydroxylation sites is 1. The molecule has 0 bridgehead atoms. The third kappa shape index (κ3) is 2.07. The van der Waals surface area contributed by atoms with Gasteiger partial charge in [-0.05, 0) is 30.3 Å². The highest BCUT2D eigenvalue weighted by Crippen LogP contribution is 2.40. The molecule has 5 nitrogen and oxygen atoms in total. The molecule has 1 aromatic heterocycles. The number of carbonyl (C=O) groups excluding carboxylic acids is 1. The van der Waals surface area contributed by atoms with Gasteiger partial charge in [-0.2, -0.15) is 5.10 Å². The molecule has 0 unspecified atom stereocenters. The Morgan fingerprint density at radius 2 is 2.00 bits per heavy atom. The quantitative estimate of drug-likeness (QED) is 0.791. The predicted molar refractivity (Wildman–Crippen MR) is 81.8 cm³/mol. The molecule has 4 rings (SSSR count). The SMILES string of the molecule is NC(=O)c1nn(-c2ccccc2)c2c1COc1ccc(F)cc1-2. The maximum absolute atomic E-state index is 13.7. The first kappa shape index (κ1) is 13.5. The molecule has 1 amide bonds. The number of nitrogens with zero attached hydrogens (tertiary/aromatic N) is 2. The Morgan fingerprint density at radius 3 is 2.74 bits per heavy atom. The van der Waals surface area contributed by atoms with Crippen molar-refractivity contribution < 1.29 is 13.9 Å². The van der Waals surface area contributed by atoms with Crippen molar-refractivity contribution in [3.05, 3.63) is 65.6 Å². The van der Waals surface area contributed by atoms with Crippen molar-refractivity contribution in [3.63, 3.8) is 0 Å². The summed E-state index contributed by atoms with van der Waals surface area (Å²) in [7, 11) is 0. The van der Waals surface area contributed by atoms with Crippen LogP contribution in [-0.4, -0.2) is 15.7 Å². The standard InChI is InChI=1S/C17H12FN3O2/c18-10-6-7-14-12(8-10)16-13(9-23-14)15(17(19)22)20-21(16)11-4-2-1-3-5-11/h1-8H,9H2,(H2,19,22). The number of aromatic nitrogens is 2. The second-order valence-corrected chi connectivity index (χ2v) is 5.22. The van der Waals surface area contributed by atoms with Gasteiger partial charge in [-0.1, -0.05) is 18.2 Å². The summed E-state index contributed by atoms with van der Waals surface area (Å²) < 4.78 is 20.9. The summed E-state index contributed by atoms with van der Waals surface area (Å²) in [6.45, 7) is 0.166. The van der Waals surface area contributed by atoms with Crippen LogP contribution in [0, 0.1) is 5.82 Å².